The standard InChI is InChI=1S/C25H28N2O2.ClH/c1-4-25(28)27-13-11-22(12-14-27)29-21-8-5-19(6-9-21)20-7-10-23-18(3)26-16-17(2)24(23)15-20;/h5-10,15-16,22H,4,11-14H2,1-3H3;1H. The van der Waals surface area contributed by atoms with Crippen LogP contribution in [-0.2, 0) is 4.79 Å². The molecule has 4 nitrogen and oxygen atoms in total. The summed E-state index contributed by atoms with van der Waals surface area (Å²) in [5, 5.41) is 2.46. The second-order valence-electron chi connectivity index (χ2n) is 7.86. The topological polar surface area (TPSA) is 42.4 Å². The van der Waals surface area contributed by atoms with Crippen molar-refractivity contribution in [1.29, 1.82) is 0 Å². The van der Waals surface area contributed by atoms with E-state index in [4.69, 9.17) is 4.74 Å². The second-order valence-corrected chi connectivity index (χ2v) is 7.86. The number of rotatable bonds is 4. The van der Waals surface area contributed by atoms with Crippen molar-refractivity contribution < 1.29 is 9.53 Å². The first-order valence-electron chi connectivity index (χ1n) is 10.5. The third kappa shape index (κ3) is 4.59. The van der Waals surface area contributed by atoms with Gasteiger partial charge in [-0.2, -0.15) is 0 Å². The van der Waals surface area contributed by atoms with Crippen molar-refractivity contribution in [3.05, 3.63) is 59.9 Å². The molecule has 0 N–H and O–H groups in total. The fourth-order valence-electron chi connectivity index (χ4n) is 4.06. The van der Waals surface area contributed by atoms with Crippen molar-refractivity contribution in [3.63, 3.8) is 0 Å². The van der Waals surface area contributed by atoms with E-state index in [1.807, 2.05) is 30.2 Å². The molecule has 0 unspecified atom stereocenters. The Morgan fingerprint density at radius 1 is 1.03 bits per heavy atom. The van der Waals surface area contributed by atoms with Gasteiger partial charge in [0.1, 0.15) is 11.9 Å². The van der Waals surface area contributed by atoms with E-state index in [1.54, 1.807) is 0 Å². The van der Waals surface area contributed by atoms with Crippen LogP contribution in [-0.4, -0.2) is 35.0 Å². The Morgan fingerprint density at radius 2 is 1.70 bits per heavy atom. The first kappa shape index (κ1) is 22.1. The van der Waals surface area contributed by atoms with Crippen molar-refractivity contribution in [3.8, 4) is 16.9 Å². The molecule has 158 valence electrons. The summed E-state index contributed by atoms with van der Waals surface area (Å²) in [6.07, 6.45) is 4.49. The minimum absolute atomic E-state index is 0. The number of aryl methyl sites for hydroxylation is 2. The van der Waals surface area contributed by atoms with Gasteiger partial charge in [0.15, 0.2) is 0 Å². The third-order valence-corrected chi connectivity index (χ3v) is 5.87. The van der Waals surface area contributed by atoms with Gasteiger partial charge in [0, 0.05) is 49.6 Å². The highest BCUT2D eigenvalue weighted by Gasteiger charge is 2.22. The number of aromatic nitrogens is 1. The van der Waals surface area contributed by atoms with Gasteiger partial charge in [-0.25, -0.2) is 0 Å². The summed E-state index contributed by atoms with van der Waals surface area (Å²) in [4.78, 5) is 18.2. The first-order chi connectivity index (χ1) is 14.0. The molecule has 30 heavy (non-hydrogen) atoms. The molecule has 1 aliphatic rings. The molecule has 0 bridgehead atoms. The van der Waals surface area contributed by atoms with Gasteiger partial charge >= 0.3 is 0 Å². The molecule has 1 amide bonds. The number of nitrogens with zero attached hydrogens (tertiary/aromatic N) is 2. The summed E-state index contributed by atoms with van der Waals surface area (Å²) in [5.74, 6) is 1.13. The summed E-state index contributed by atoms with van der Waals surface area (Å²) in [7, 11) is 0. The number of halogens is 1. The summed E-state index contributed by atoms with van der Waals surface area (Å²) in [6, 6.07) is 14.9. The quantitative estimate of drug-likeness (QED) is 0.537. The predicted molar refractivity (Wildman–Crippen MR) is 124 cm³/mol. The number of amides is 1. The molecular weight excluding hydrogens is 396 g/mol. The van der Waals surface area contributed by atoms with Crippen LogP contribution in [0, 0.1) is 13.8 Å². The summed E-state index contributed by atoms with van der Waals surface area (Å²) < 4.78 is 6.17. The lowest BCUT2D eigenvalue weighted by atomic mass is 9.99. The highest BCUT2D eigenvalue weighted by molar-refractivity contribution is 5.91. The van der Waals surface area contributed by atoms with Crippen LogP contribution < -0.4 is 4.74 Å². The Morgan fingerprint density at radius 3 is 2.37 bits per heavy atom. The molecular formula is C25H29ClN2O2. The first-order valence-corrected chi connectivity index (χ1v) is 10.5. The van der Waals surface area contributed by atoms with Crippen LogP contribution in [0.3, 0.4) is 0 Å². The number of carbonyl (C=O) groups excluding carboxylic acids is 1. The van der Waals surface area contributed by atoms with E-state index >= 15 is 0 Å². The molecule has 2 aromatic carbocycles. The van der Waals surface area contributed by atoms with Crippen molar-refractivity contribution in [2.45, 2.75) is 46.1 Å². The molecule has 1 aliphatic heterocycles. The van der Waals surface area contributed by atoms with Gasteiger partial charge in [0.25, 0.3) is 0 Å². The van der Waals surface area contributed by atoms with Crippen LogP contribution in [0.1, 0.15) is 37.4 Å². The zero-order valence-electron chi connectivity index (χ0n) is 17.9. The van der Waals surface area contributed by atoms with Crippen molar-refractivity contribution in [1.82, 2.24) is 9.88 Å². The van der Waals surface area contributed by atoms with Crippen molar-refractivity contribution in [2.24, 2.45) is 0 Å². The normalized spacial score (nSPS) is 14.4. The number of carbonyl (C=O) groups is 1. The van der Waals surface area contributed by atoms with E-state index in [1.165, 1.54) is 27.5 Å². The highest BCUT2D eigenvalue weighted by atomic mass is 35.5. The molecule has 1 saturated heterocycles. The number of piperidine rings is 1. The summed E-state index contributed by atoms with van der Waals surface area (Å²) in [6.45, 7) is 7.66. The molecule has 0 atom stereocenters. The van der Waals surface area contributed by atoms with Gasteiger partial charge in [0.05, 0.1) is 0 Å². The minimum Gasteiger partial charge on any atom is -0.490 e. The fourth-order valence-corrected chi connectivity index (χ4v) is 4.06. The number of fused-ring (bicyclic) bond motifs is 1. The number of benzene rings is 2. The van der Waals surface area contributed by atoms with Gasteiger partial charge < -0.3 is 9.64 Å². The van der Waals surface area contributed by atoms with Crippen LogP contribution in [0.5, 0.6) is 5.75 Å². The zero-order chi connectivity index (χ0) is 20.4. The fraction of sp³-hybridized carbons (Fsp3) is 0.360. The van der Waals surface area contributed by atoms with Gasteiger partial charge in [-0.05, 0) is 54.1 Å². The van der Waals surface area contributed by atoms with Gasteiger partial charge in [-0.3, -0.25) is 9.78 Å². The van der Waals surface area contributed by atoms with E-state index in [0.29, 0.717) is 6.42 Å². The maximum absolute atomic E-state index is 11.8. The van der Waals surface area contributed by atoms with Crippen LogP contribution in [0.4, 0.5) is 0 Å². The second kappa shape index (κ2) is 9.48. The lowest BCUT2D eigenvalue weighted by molar-refractivity contribution is -0.132. The third-order valence-electron chi connectivity index (χ3n) is 5.87. The number of ether oxygens (including phenoxy) is 1. The Bertz CT molecular complexity index is 1030. The average molecular weight is 425 g/mol. The van der Waals surface area contributed by atoms with E-state index < -0.39 is 0 Å². The van der Waals surface area contributed by atoms with Crippen LogP contribution in [0.15, 0.2) is 48.7 Å². The largest absolute Gasteiger partial charge is 0.490 e. The average Bonchev–Trinajstić information content (AvgIpc) is 2.76. The maximum atomic E-state index is 11.8. The molecule has 5 heteroatoms. The van der Waals surface area contributed by atoms with E-state index in [0.717, 1.165) is 37.4 Å². The molecule has 1 fully saturated rings. The SMILES string of the molecule is CCC(=O)N1CCC(Oc2ccc(-c3ccc4c(C)ncc(C)c4c3)cc2)CC1.Cl. The molecule has 3 aromatic rings. The zero-order valence-corrected chi connectivity index (χ0v) is 18.7. The van der Waals surface area contributed by atoms with Crippen molar-refractivity contribution in [2.75, 3.05) is 13.1 Å². The van der Waals surface area contributed by atoms with Crippen LogP contribution >= 0.6 is 12.4 Å². The van der Waals surface area contributed by atoms with Gasteiger partial charge in [-0.1, -0.05) is 31.2 Å². The van der Waals surface area contributed by atoms with Gasteiger partial charge in [0.2, 0.25) is 5.91 Å². The van der Waals surface area contributed by atoms with Gasteiger partial charge in [-0.15, -0.1) is 12.4 Å². The summed E-state index contributed by atoms with van der Waals surface area (Å²) in [5.41, 5.74) is 4.63. The van der Waals surface area contributed by atoms with E-state index in [9.17, 15) is 4.79 Å². The monoisotopic (exact) mass is 424 g/mol. The molecule has 0 saturated carbocycles. The number of hydrogen-bond donors (Lipinski definition) is 0. The Hall–Kier alpha value is -2.59. The Balaban J connectivity index is 0.00000256. The van der Waals surface area contributed by atoms with Crippen molar-refractivity contribution >= 4 is 29.1 Å². The molecule has 0 radical (unpaired) electrons. The minimum atomic E-state index is 0. The lowest BCUT2D eigenvalue weighted by Gasteiger charge is -2.32. The van der Waals surface area contributed by atoms with E-state index in [2.05, 4.69) is 49.2 Å². The number of likely N-dealkylation sites (tertiary alicyclic amines) is 1. The molecule has 1 aromatic heterocycles. The molecule has 0 spiro atoms. The van der Waals surface area contributed by atoms with Crippen LogP contribution in [0.2, 0.25) is 0 Å². The Labute approximate surface area is 184 Å². The van der Waals surface area contributed by atoms with E-state index in [-0.39, 0.29) is 24.4 Å². The van der Waals surface area contributed by atoms with Crippen LogP contribution in [0.25, 0.3) is 21.9 Å². The Kier molecular flexibility index (Phi) is 6.99. The highest BCUT2D eigenvalue weighted by Crippen LogP contribution is 2.29. The predicted octanol–water partition coefficient (Wildman–Crippen LogP) is 5.72. The molecule has 2 heterocycles. The molecule has 0 aliphatic carbocycles. The molecule has 4 rings (SSSR count). The maximum Gasteiger partial charge on any atom is 0.222 e. The lowest BCUT2D eigenvalue weighted by Crippen LogP contribution is -2.41. The smallest absolute Gasteiger partial charge is 0.222 e. The number of pyridine rings is 1. The summed E-state index contributed by atoms with van der Waals surface area (Å²) >= 11 is 0. The number of hydrogen-bond acceptors (Lipinski definition) is 3.